The lowest BCUT2D eigenvalue weighted by Gasteiger charge is -2.25. The van der Waals surface area contributed by atoms with Gasteiger partial charge in [-0.05, 0) is 32.9 Å². The fourth-order valence-corrected chi connectivity index (χ4v) is 1.83. The molecular formula is C17H21N5O5. The number of anilines is 1. The van der Waals surface area contributed by atoms with Crippen molar-refractivity contribution in [2.75, 3.05) is 18.4 Å². The Hall–Kier alpha value is -3.45. The van der Waals surface area contributed by atoms with Gasteiger partial charge >= 0.3 is 6.09 Å². The molecule has 0 aliphatic rings. The number of nitro groups is 1. The number of non-ortho nitro benzene ring substituents is 1. The van der Waals surface area contributed by atoms with Gasteiger partial charge in [-0.3, -0.25) is 19.8 Å². The van der Waals surface area contributed by atoms with Gasteiger partial charge in [-0.1, -0.05) is 0 Å². The van der Waals surface area contributed by atoms with Gasteiger partial charge in [0.25, 0.3) is 11.6 Å². The van der Waals surface area contributed by atoms with Crippen LogP contribution in [0.3, 0.4) is 0 Å². The number of nitrogens with one attached hydrogen (secondary N) is 1. The van der Waals surface area contributed by atoms with Gasteiger partial charge < -0.3 is 15.8 Å². The average Bonchev–Trinajstić information content (AvgIpc) is 2.57. The lowest BCUT2D eigenvalue weighted by molar-refractivity contribution is -0.384. The zero-order valence-corrected chi connectivity index (χ0v) is 15.3. The summed E-state index contributed by atoms with van der Waals surface area (Å²) in [5, 5.41) is 22.3. The van der Waals surface area contributed by atoms with Crippen molar-refractivity contribution < 1.29 is 19.2 Å². The summed E-state index contributed by atoms with van der Waals surface area (Å²) in [6.45, 7) is 5.19. The van der Waals surface area contributed by atoms with Crippen molar-refractivity contribution in [1.82, 2.24) is 4.90 Å². The lowest BCUT2D eigenvalue weighted by atomic mass is 10.2. The molecule has 0 atom stereocenters. The Morgan fingerprint density at radius 3 is 2.41 bits per heavy atom. The molecule has 0 heterocycles. The molecule has 144 valence electrons. The minimum absolute atomic E-state index is 0.0465. The first-order chi connectivity index (χ1) is 12.6. The highest BCUT2D eigenvalue weighted by molar-refractivity contribution is 6.06. The summed E-state index contributed by atoms with van der Waals surface area (Å²) in [5.41, 5.74) is 4.48. The van der Waals surface area contributed by atoms with Gasteiger partial charge in [0.2, 0.25) is 0 Å². The molecule has 1 rings (SSSR count). The third-order valence-electron chi connectivity index (χ3n) is 2.98. The number of nitrogens with two attached hydrogens (primary N) is 1. The number of nitro benzene ring substituents is 1. The Labute approximate surface area is 156 Å². The van der Waals surface area contributed by atoms with E-state index >= 15 is 0 Å². The smallest absolute Gasteiger partial charge is 0.414 e. The number of hydrogen-bond donors (Lipinski definition) is 2. The first-order valence-corrected chi connectivity index (χ1v) is 7.95. The number of ether oxygens (including phenoxy) is 1. The summed E-state index contributed by atoms with van der Waals surface area (Å²) >= 11 is 0. The summed E-state index contributed by atoms with van der Waals surface area (Å²) in [4.78, 5) is 35.6. The first-order valence-electron chi connectivity index (χ1n) is 7.95. The van der Waals surface area contributed by atoms with Gasteiger partial charge in [-0.25, -0.2) is 4.79 Å². The highest BCUT2D eigenvalue weighted by Gasteiger charge is 2.22. The Balaban J connectivity index is 2.97. The Kier molecular flexibility index (Phi) is 7.44. The number of benzene rings is 1. The van der Waals surface area contributed by atoms with Crippen molar-refractivity contribution in [3.63, 3.8) is 0 Å². The second-order valence-corrected chi connectivity index (χ2v) is 6.38. The molecule has 0 aromatic heterocycles. The molecule has 0 fully saturated rings. The maximum atomic E-state index is 12.3. The second kappa shape index (κ2) is 9.30. The molecule has 1 aromatic carbocycles. The molecule has 10 nitrogen and oxygen atoms in total. The van der Waals surface area contributed by atoms with Crippen LogP contribution >= 0.6 is 0 Å². The zero-order valence-electron chi connectivity index (χ0n) is 15.3. The largest absolute Gasteiger partial charge is 0.443 e. The Morgan fingerprint density at radius 2 is 1.96 bits per heavy atom. The summed E-state index contributed by atoms with van der Waals surface area (Å²) in [6.07, 6.45) is 0.311. The molecule has 0 radical (unpaired) electrons. The molecule has 10 heteroatoms. The molecule has 3 N–H and O–H groups in total. The SMILES string of the molecule is CC(C)(C)OC(=O)N(/C=C(/C#N)C(=O)Nc1ccc([N+](=O)[O-])cc1)CCN. The van der Waals surface area contributed by atoms with Gasteiger partial charge in [0.15, 0.2) is 0 Å². The first kappa shape index (κ1) is 21.6. The normalized spacial score (nSPS) is 11.3. The van der Waals surface area contributed by atoms with Gasteiger partial charge in [-0.2, -0.15) is 5.26 Å². The Bertz CT molecular complexity index is 774. The number of rotatable bonds is 6. The highest BCUT2D eigenvalue weighted by atomic mass is 16.6. The molecule has 2 amide bonds. The van der Waals surface area contributed by atoms with E-state index in [9.17, 15) is 25.0 Å². The monoisotopic (exact) mass is 375 g/mol. The second-order valence-electron chi connectivity index (χ2n) is 6.38. The van der Waals surface area contributed by atoms with Crippen LogP contribution in [0.15, 0.2) is 36.0 Å². The van der Waals surface area contributed by atoms with Crippen LogP contribution < -0.4 is 11.1 Å². The summed E-state index contributed by atoms with van der Waals surface area (Å²) in [7, 11) is 0. The number of carbonyl (C=O) groups is 2. The third-order valence-corrected chi connectivity index (χ3v) is 2.98. The van der Waals surface area contributed by atoms with E-state index in [2.05, 4.69) is 5.32 Å². The standard InChI is InChI=1S/C17H21N5O5/c1-17(2,3)27-16(24)21(9-8-18)11-12(10-19)15(23)20-13-4-6-14(7-5-13)22(25)26/h4-7,11H,8-9,18H2,1-3H3,(H,20,23)/b12-11-. The van der Waals surface area contributed by atoms with Crippen molar-refractivity contribution in [1.29, 1.82) is 5.26 Å². The molecule has 0 spiro atoms. The highest BCUT2D eigenvalue weighted by Crippen LogP contribution is 2.16. The van der Waals surface area contributed by atoms with Crippen LogP contribution in [0.25, 0.3) is 0 Å². The minimum atomic E-state index is -0.781. The van der Waals surface area contributed by atoms with Crippen LogP contribution in [0.1, 0.15) is 20.8 Å². The van der Waals surface area contributed by atoms with Crippen molar-refractivity contribution in [2.45, 2.75) is 26.4 Å². The van der Waals surface area contributed by atoms with Crippen LogP contribution in [0.4, 0.5) is 16.2 Å². The van der Waals surface area contributed by atoms with Crippen LogP contribution in [-0.2, 0) is 9.53 Å². The number of amides is 2. The molecule has 0 bridgehead atoms. The van der Waals surface area contributed by atoms with E-state index in [4.69, 9.17) is 10.5 Å². The van der Waals surface area contributed by atoms with Crippen LogP contribution in [-0.4, -0.2) is 40.5 Å². The van der Waals surface area contributed by atoms with Gasteiger partial charge in [0, 0.05) is 37.1 Å². The Morgan fingerprint density at radius 1 is 1.37 bits per heavy atom. The molecular weight excluding hydrogens is 354 g/mol. The van der Waals surface area contributed by atoms with Crippen LogP contribution in [0.2, 0.25) is 0 Å². The van der Waals surface area contributed by atoms with Crippen molar-refractivity contribution in [2.24, 2.45) is 5.73 Å². The third kappa shape index (κ3) is 7.13. The summed E-state index contributed by atoms with van der Waals surface area (Å²) in [5.74, 6) is -0.781. The molecule has 0 unspecified atom stereocenters. The van der Waals surface area contributed by atoms with E-state index in [0.717, 1.165) is 11.1 Å². The number of carbonyl (C=O) groups excluding carboxylic acids is 2. The van der Waals surface area contributed by atoms with E-state index in [1.165, 1.54) is 24.3 Å². The van der Waals surface area contributed by atoms with E-state index in [1.807, 2.05) is 0 Å². The lowest BCUT2D eigenvalue weighted by Crippen LogP contribution is -2.37. The van der Waals surface area contributed by atoms with E-state index in [-0.39, 0.29) is 30.0 Å². The predicted octanol–water partition coefficient (Wildman–Crippen LogP) is 2.14. The molecule has 0 aliphatic heterocycles. The van der Waals surface area contributed by atoms with Crippen molar-refractivity contribution in [3.05, 3.63) is 46.2 Å². The fraction of sp³-hybridized carbons (Fsp3) is 0.353. The van der Waals surface area contributed by atoms with Gasteiger partial charge in [-0.15, -0.1) is 0 Å². The maximum absolute atomic E-state index is 12.3. The topological polar surface area (TPSA) is 152 Å². The molecule has 27 heavy (non-hydrogen) atoms. The van der Waals surface area contributed by atoms with E-state index in [1.54, 1.807) is 26.8 Å². The maximum Gasteiger partial charge on any atom is 0.414 e. The van der Waals surface area contributed by atoms with Crippen molar-refractivity contribution >= 4 is 23.4 Å². The van der Waals surface area contributed by atoms with Gasteiger partial charge in [0.1, 0.15) is 17.2 Å². The van der Waals surface area contributed by atoms with Gasteiger partial charge in [0.05, 0.1) is 4.92 Å². The quantitative estimate of drug-likeness (QED) is 0.334. The number of nitriles is 1. The van der Waals surface area contributed by atoms with Crippen LogP contribution in [0, 0.1) is 21.4 Å². The average molecular weight is 375 g/mol. The minimum Gasteiger partial charge on any atom is -0.443 e. The number of hydrogen-bond acceptors (Lipinski definition) is 7. The molecule has 0 saturated heterocycles. The fourth-order valence-electron chi connectivity index (χ4n) is 1.83. The predicted molar refractivity (Wildman–Crippen MR) is 97.4 cm³/mol. The number of nitrogens with zero attached hydrogens (tertiary/aromatic N) is 3. The molecule has 0 aliphatic carbocycles. The van der Waals surface area contributed by atoms with E-state index < -0.39 is 22.5 Å². The zero-order chi connectivity index (χ0) is 20.6. The molecule has 1 aromatic rings. The van der Waals surface area contributed by atoms with Crippen molar-refractivity contribution in [3.8, 4) is 6.07 Å². The molecule has 0 saturated carbocycles. The van der Waals surface area contributed by atoms with Crippen LogP contribution in [0.5, 0.6) is 0 Å². The summed E-state index contributed by atoms with van der Waals surface area (Å²) < 4.78 is 5.21. The van der Waals surface area contributed by atoms with E-state index in [0.29, 0.717) is 0 Å². The summed E-state index contributed by atoms with van der Waals surface area (Å²) in [6, 6.07) is 6.80.